The van der Waals surface area contributed by atoms with Gasteiger partial charge in [-0.05, 0) is 36.5 Å². The molecule has 0 radical (unpaired) electrons. The fraction of sp³-hybridized carbons (Fsp3) is 1.00. The van der Waals surface area contributed by atoms with Crippen LogP contribution in [0.1, 0.15) is 83.5 Å². The van der Waals surface area contributed by atoms with Crippen LogP contribution in [0.5, 0.6) is 0 Å². The van der Waals surface area contributed by atoms with Gasteiger partial charge >= 0.3 is 0 Å². The van der Waals surface area contributed by atoms with E-state index in [1.54, 1.807) is 70.6 Å². The fourth-order valence-corrected chi connectivity index (χ4v) is 5.12. The summed E-state index contributed by atoms with van der Waals surface area (Å²) in [6.07, 6.45) is 20.3. The summed E-state index contributed by atoms with van der Waals surface area (Å²) in [6.45, 7) is 0. The van der Waals surface area contributed by atoms with Crippen molar-refractivity contribution in [3.05, 3.63) is 0 Å². The number of hydrogen-bond donors (Lipinski definition) is 0. The van der Waals surface area contributed by atoms with Crippen LogP contribution in [0, 0.1) is 23.7 Å². The van der Waals surface area contributed by atoms with Crippen LogP contribution in [0.25, 0.3) is 0 Å². The van der Waals surface area contributed by atoms with Crippen molar-refractivity contribution >= 4 is 0 Å². The fourth-order valence-electron chi connectivity index (χ4n) is 5.12. The molecule has 0 heterocycles. The van der Waals surface area contributed by atoms with Gasteiger partial charge in [0.2, 0.25) is 0 Å². The van der Waals surface area contributed by atoms with E-state index in [4.69, 9.17) is 0 Å². The summed E-state index contributed by atoms with van der Waals surface area (Å²) in [5, 5.41) is 0. The molecule has 0 aliphatic heterocycles. The number of rotatable bonds is 0. The van der Waals surface area contributed by atoms with Gasteiger partial charge in [0, 0.05) is 0 Å². The Kier molecular flexibility index (Phi) is 4.08. The van der Waals surface area contributed by atoms with E-state index in [2.05, 4.69) is 0 Å². The lowest BCUT2D eigenvalue weighted by atomic mass is 9.68. The average Bonchev–Trinajstić information content (AvgIpc) is 2.36. The Morgan fingerprint density at radius 3 is 1.82 bits per heavy atom. The minimum Gasteiger partial charge on any atom is -0.0530 e. The van der Waals surface area contributed by atoms with Crippen LogP contribution in [-0.4, -0.2) is 0 Å². The Balaban J connectivity index is 1.65. The summed E-state index contributed by atoms with van der Waals surface area (Å²) in [5.41, 5.74) is 0. The van der Waals surface area contributed by atoms with Crippen LogP contribution in [-0.2, 0) is 0 Å². The molecule has 3 aliphatic carbocycles. The zero-order valence-electron chi connectivity index (χ0n) is 11.5. The van der Waals surface area contributed by atoms with Gasteiger partial charge in [0.05, 0.1) is 0 Å². The van der Waals surface area contributed by atoms with Gasteiger partial charge in [0.15, 0.2) is 0 Å². The molecule has 0 spiro atoms. The molecule has 4 atom stereocenters. The lowest BCUT2D eigenvalue weighted by molar-refractivity contribution is 0.135. The summed E-state index contributed by atoms with van der Waals surface area (Å²) in [4.78, 5) is 0. The third-order valence-corrected chi connectivity index (χ3v) is 6.03. The molecule has 0 nitrogen and oxygen atoms in total. The van der Waals surface area contributed by atoms with Crippen LogP contribution in [0.3, 0.4) is 0 Å². The van der Waals surface area contributed by atoms with Crippen molar-refractivity contribution in [3.63, 3.8) is 0 Å². The molecule has 0 aromatic heterocycles. The highest BCUT2D eigenvalue weighted by Crippen LogP contribution is 2.43. The molecule has 3 fully saturated rings. The van der Waals surface area contributed by atoms with Crippen molar-refractivity contribution in [2.24, 2.45) is 23.7 Å². The van der Waals surface area contributed by atoms with Gasteiger partial charge in [-0.3, -0.25) is 0 Å². The first kappa shape index (κ1) is 12.1. The third-order valence-electron chi connectivity index (χ3n) is 6.03. The molecule has 98 valence electrons. The van der Waals surface area contributed by atoms with E-state index in [9.17, 15) is 0 Å². The van der Waals surface area contributed by atoms with Gasteiger partial charge in [-0.1, -0.05) is 70.6 Å². The molecule has 17 heavy (non-hydrogen) atoms. The van der Waals surface area contributed by atoms with Crippen LogP contribution in [0.15, 0.2) is 0 Å². The average molecular weight is 234 g/mol. The summed E-state index contributed by atoms with van der Waals surface area (Å²) < 4.78 is 0. The summed E-state index contributed by atoms with van der Waals surface area (Å²) in [5.74, 6) is 4.50. The van der Waals surface area contributed by atoms with Crippen LogP contribution >= 0.6 is 0 Å². The zero-order chi connectivity index (χ0) is 11.5. The van der Waals surface area contributed by atoms with Gasteiger partial charge < -0.3 is 0 Å². The van der Waals surface area contributed by atoms with Crippen molar-refractivity contribution in [2.45, 2.75) is 83.5 Å². The second-order valence-corrected chi connectivity index (χ2v) is 7.22. The molecule has 2 bridgehead atoms. The van der Waals surface area contributed by atoms with Gasteiger partial charge in [0.1, 0.15) is 0 Å². The monoisotopic (exact) mass is 234 g/mol. The van der Waals surface area contributed by atoms with Gasteiger partial charge in [0.25, 0.3) is 0 Å². The van der Waals surface area contributed by atoms with Crippen molar-refractivity contribution in [3.8, 4) is 0 Å². The molecule has 0 amide bonds. The molecular weight excluding hydrogens is 204 g/mol. The van der Waals surface area contributed by atoms with E-state index in [0.29, 0.717) is 0 Å². The van der Waals surface area contributed by atoms with Crippen molar-refractivity contribution in [1.82, 2.24) is 0 Å². The van der Waals surface area contributed by atoms with Gasteiger partial charge in [-0.2, -0.15) is 0 Å². The SMILES string of the molecule is C1CCC2CCCCC2CC2CCCC(C1)C2. The lowest BCUT2D eigenvalue weighted by Crippen LogP contribution is -2.26. The first-order chi connectivity index (χ1) is 8.42. The Labute approximate surface area is 108 Å². The molecular formula is C17H30. The Bertz CT molecular complexity index is 232. The number of fused-ring (bicyclic) bond motifs is 3. The van der Waals surface area contributed by atoms with Gasteiger partial charge in [-0.25, -0.2) is 0 Å². The first-order valence-corrected chi connectivity index (χ1v) is 8.42. The normalized spacial score (nSPS) is 43.8. The van der Waals surface area contributed by atoms with Crippen molar-refractivity contribution in [2.75, 3.05) is 0 Å². The molecule has 4 unspecified atom stereocenters. The summed E-state index contributed by atoms with van der Waals surface area (Å²) in [6, 6.07) is 0. The number of hydrogen-bond acceptors (Lipinski definition) is 0. The molecule has 3 aliphatic rings. The highest BCUT2D eigenvalue weighted by atomic mass is 14.4. The Hall–Kier alpha value is 0. The maximum Gasteiger partial charge on any atom is -0.0383 e. The Morgan fingerprint density at radius 2 is 1.00 bits per heavy atom. The summed E-state index contributed by atoms with van der Waals surface area (Å²) in [7, 11) is 0. The maximum absolute atomic E-state index is 1.61. The van der Waals surface area contributed by atoms with E-state index in [1.165, 1.54) is 12.8 Å². The smallest absolute Gasteiger partial charge is 0.0383 e. The van der Waals surface area contributed by atoms with Crippen LogP contribution in [0.2, 0.25) is 0 Å². The highest BCUT2D eigenvalue weighted by molar-refractivity contribution is 4.82. The van der Waals surface area contributed by atoms with E-state index in [-0.39, 0.29) is 0 Å². The molecule has 3 rings (SSSR count). The van der Waals surface area contributed by atoms with Crippen molar-refractivity contribution in [1.29, 1.82) is 0 Å². The van der Waals surface area contributed by atoms with Crippen LogP contribution < -0.4 is 0 Å². The molecule has 0 aromatic rings. The first-order valence-electron chi connectivity index (χ1n) is 8.42. The topological polar surface area (TPSA) is 0 Å². The van der Waals surface area contributed by atoms with Gasteiger partial charge in [-0.15, -0.1) is 0 Å². The predicted molar refractivity (Wildman–Crippen MR) is 74.0 cm³/mol. The largest absolute Gasteiger partial charge is 0.0530 e. The third kappa shape index (κ3) is 3.06. The quantitative estimate of drug-likeness (QED) is 0.514. The van der Waals surface area contributed by atoms with E-state index in [0.717, 1.165) is 23.7 Å². The maximum atomic E-state index is 1.61. The van der Waals surface area contributed by atoms with Crippen molar-refractivity contribution < 1.29 is 0 Å². The van der Waals surface area contributed by atoms with Crippen LogP contribution in [0.4, 0.5) is 0 Å². The molecule has 0 saturated heterocycles. The lowest BCUT2D eigenvalue weighted by Gasteiger charge is -2.38. The highest BCUT2D eigenvalue weighted by Gasteiger charge is 2.30. The summed E-state index contributed by atoms with van der Waals surface area (Å²) >= 11 is 0. The predicted octanol–water partition coefficient (Wildman–Crippen LogP) is 5.56. The van der Waals surface area contributed by atoms with E-state index < -0.39 is 0 Å². The molecule has 0 aromatic carbocycles. The zero-order valence-corrected chi connectivity index (χ0v) is 11.5. The minimum absolute atomic E-state index is 1.12. The molecule has 0 N–H and O–H groups in total. The van der Waals surface area contributed by atoms with E-state index >= 15 is 0 Å². The second-order valence-electron chi connectivity index (χ2n) is 7.22. The molecule has 0 heteroatoms. The second kappa shape index (κ2) is 5.76. The minimum atomic E-state index is 1.12. The van der Waals surface area contributed by atoms with E-state index in [1.807, 2.05) is 0 Å². The standard InChI is InChI=1S/C17H30/c1-2-9-16-10-3-4-11-17(16)13-15-8-5-7-14(6-1)12-15/h14-17H,1-13H2. The molecule has 3 saturated carbocycles. The Morgan fingerprint density at radius 1 is 0.412 bits per heavy atom.